The van der Waals surface area contributed by atoms with Gasteiger partial charge in [0.15, 0.2) is 23.0 Å². The predicted octanol–water partition coefficient (Wildman–Crippen LogP) is 3.98. The van der Waals surface area contributed by atoms with Crippen LogP contribution < -0.4 is 62.9 Å². The SMILES string of the molecule is NCCNC(=O)[C@H]1NC(=O)[C@H]2NC(=O)[C@H](NC(=O)[C@@H]3NC(=O)[C@H]4NC(=O)[C@@H](Cc5ccc(c(Cl)c5)Oc5cc3cc(c5O)Oc3ccc(cc3Cl)[C@H]2O)NC(=O)[C@H](N)c2ccc(O)c(c2)Oc2cc(O)cc4c2)c2ccc(O)c(c2)-c2c(O)cc(O)cc21. The third-order valence-electron chi connectivity index (χ3n) is 14.9. The smallest absolute Gasteiger partial charge is 0.248 e. The van der Waals surface area contributed by atoms with Crippen LogP contribution in [0.3, 0.4) is 0 Å². The van der Waals surface area contributed by atoms with Gasteiger partial charge >= 0.3 is 0 Å². The zero-order valence-corrected chi connectivity index (χ0v) is 46.8. The molecule has 7 aromatic carbocycles. The minimum absolute atomic E-state index is 0.0870. The monoisotopic (exact) mass is 1240 g/mol. The highest BCUT2D eigenvalue weighted by molar-refractivity contribution is 6.32. The van der Waals surface area contributed by atoms with Crippen LogP contribution in [-0.2, 0) is 40.0 Å². The minimum Gasteiger partial charge on any atom is -0.508 e. The van der Waals surface area contributed by atoms with E-state index in [0.717, 1.165) is 60.7 Å². The first kappa shape index (κ1) is 59.2. The fourth-order valence-electron chi connectivity index (χ4n) is 10.5. The fourth-order valence-corrected chi connectivity index (χ4v) is 11.0. The first-order chi connectivity index (χ1) is 42.0. The van der Waals surface area contributed by atoms with Gasteiger partial charge in [-0.15, -0.1) is 0 Å². The van der Waals surface area contributed by atoms with Gasteiger partial charge in [-0.25, -0.2) is 0 Å². The summed E-state index contributed by atoms with van der Waals surface area (Å²) in [6.07, 6.45) is -2.43. The van der Waals surface area contributed by atoms with Crippen LogP contribution in [0.15, 0.2) is 115 Å². The topological polar surface area (TPSA) is 425 Å². The normalized spacial score (nSPS) is 21.6. The number of carbonyl (C=O) groups is 7. The Morgan fingerprint density at radius 1 is 0.534 bits per heavy atom. The molecule has 6 aliphatic rings. The van der Waals surface area contributed by atoms with Gasteiger partial charge in [-0.1, -0.05) is 47.5 Å². The number of phenols is 6. The Labute approximate surface area is 506 Å². The molecule has 6 heterocycles. The van der Waals surface area contributed by atoms with Gasteiger partial charge in [0.25, 0.3) is 0 Å². The molecule has 18 N–H and O–H groups in total. The lowest BCUT2D eigenvalue weighted by Crippen LogP contribution is -2.56. The highest BCUT2D eigenvalue weighted by Crippen LogP contribution is 2.48. The Hall–Kier alpha value is -10.5. The Bertz CT molecular complexity index is 4100. The van der Waals surface area contributed by atoms with Crippen molar-refractivity contribution in [2.24, 2.45) is 11.5 Å². The van der Waals surface area contributed by atoms with Crippen molar-refractivity contribution < 1.29 is 83.5 Å². The Morgan fingerprint density at radius 3 is 1.81 bits per heavy atom. The second-order valence-electron chi connectivity index (χ2n) is 20.8. The van der Waals surface area contributed by atoms with Gasteiger partial charge in [0, 0.05) is 42.8 Å². The number of aliphatic hydroxyl groups excluding tert-OH is 1. The van der Waals surface area contributed by atoms with Gasteiger partial charge in [-0.2, -0.15) is 0 Å². The third-order valence-corrected chi connectivity index (χ3v) is 15.5. The molecule has 6 aliphatic heterocycles. The van der Waals surface area contributed by atoms with E-state index in [2.05, 4.69) is 37.2 Å². The lowest BCUT2D eigenvalue weighted by atomic mass is 9.89. The Kier molecular flexibility index (Phi) is 16.0. The molecule has 0 radical (unpaired) electrons. The Morgan fingerprint density at radius 2 is 1.12 bits per heavy atom. The summed E-state index contributed by atoms with van der Waals surface area (Å²) in [6, 6.07) is 9.11. The maximum atomic E-state index is 15.8. The summed E-state index contributed by atoms with van der Waals surface area (Å²) >= 11 is 13.7. The van der Waals surface area contributed by atoms with Crippen molar-refractivity contribution in [2.45, 2.75) is 54.8 Å². The fraction of sp³-hybridized carbons (Fsp3) is 0.183. The number of rotatable bonds is 3. The van der Waals surface area contributed by atoms with E-state index in [4.69, 9.17) is 48.9 Å². The highest BCUT2D eigenvalue weighted by Gasteiger charge is 2.41. The summed E-state index contributed by atoms with van der Waals surface area (Å²) in [4.78, 5) is 105. The number of benzene rings is 7. The predicted molar refractivity (Wildman–Crippen MR) is 309 cm³/mol. The number of hydrogen-bond acceptors (Lipinski definition) is 19. The van der Waals surface area contributed by atoms with E-state index in [0.29, 0.717) is 5.56 Å². The summed E-state index contributed by atoms with van der Waals surface area (Å²) in [7, 11) is 0. The van der Waals surface area contributed by atoms with E-state index in [1.165, 1.54) is 54.6 Å². The minimum atomic E-state index is -2.16. The molecule has 0 unspecified atom stereocenters. The number of aliphatic hydroxyl groups is 1. The maximum Gasteiger partial charge on any atom is 0.248 e. The zero-order valence-electron chi connectivity index (χ0n) is 45.3. The van der Waals surface area contributed by atoms with Crippen molar-refractivity contribution in [3.8, 4) is 80.1 Å². The number of aromatic hydroxyl groups is 6. The van der Waals surface area contributed by atoms with Crippen molar-refractivity contribution in [3.05, 3.63) is 164 Å². The van der Waals surface area contributed by atoms with Gasteiger partial charge in [0.2, 0.25) is 47.1 Å². The van der Waals surface area contributed by atoms with Crippen molar-refractivity contribution in [3.63, 3.8) is 0 Å². The van der Waals surface area contributed by atoms with Crippen molar-refractivity contribution in [2.75, 3.05) is 13.1 Å². The number of hydrogen-bond donors (Lipinski definition) is 16. The van der Waals surface area contributed by atoms with Gasteiger partial charge in [0.1, 0.15) is 88.6 Å². The first-order valence-corrected chi connectivity index (χ1v) is 27.6. The largest absolute Gasteiger partial charge is 0.508 e. The van der Waals surface area contributed by atoms with E-state index in [1.54, 1.807) is 0 Å². The number of halogens is 2. The van der Waals surface area contributed by atoms with E-state index >= 15 is 14.4 Å². The van der Waals surface area contributed by atoms with E-state index in [1.807, 2.05) is 0 Å². The van der Waals surface area contributed by atoms with Crippen LogP contribution >= 0.6 is 23.2 Å². The molecule has 0 aromatic heterocycles. The van der Waals surface area contributed by atoms with Gasteiger partial charge < -0.3 is 98.6 Å². The van der Waals surface area contributed by atoms with Crippen LogP contribution in [0.1, 0.15) is 75.3 Å². The van der Waals surface area contributed by atoms with Crippen LogP contribution in [0.2, 0.25) is 10.0 Å². The molecule has 7 aromatic rings. The van der Waals surface area contributed by atoms with Gasteiger partial charge in [-0.3, -0.25) is 33.6 Å². The molecule has 17 bridgehead atoms. The maximum absolute atomic E-state index is 15.8. The molecule has 28 heteroatoms. The molecule has 26 nitrogen and oxygen atoms in total. The van der Waals surface area contributed by atoms with Crippen LogP contribution in [0.4, 0.5) is 0 Å². The quantitative estimate of drug-likeness (QED) is 0.119. The lowest BCUT2D eigenvalue weighted by Gasteiger charge is -2.31. The molecular weight excluding hydrogens is 1190 g/mol. The molecule has 452 valence electrons. The molecule has 8 atom stereocenters. The standard InChI is InChI=1S/C60H51Cl2N9O17/c61-34-11-23-1-7-40(34)87-43-18-28-19-44(53(43)78)88-41-8-4-26(16-35(41)62)52(77)51-60(85)70-50(56(81)65-10-9-63)33-21-30(73)22-39(76)45(33)32-15-25(3-5-37(32)74)47(57(82)71-51)68-59(84)49(28)69-58(83)48-27-13-29(72)20-31(14-27)86-42-17-24(2-6-38(42)75)46(64)55(80)66-36(12-23)54(79)67-48/h1-8,11,13-22,36,46-52,72-78H,9-10,12,63-64H2,(H,65,81)(H,66,80)(H,67,79)(H,68,84)(H,69,83)(H,70,85)(H,71,82)/t36-,46-,47-,48+,49-,50+,51+,52-/m1/s1. The zero-order chi connectivity index (χ0) is 62.6. The average Bonchev–Trinajstić information content (AvgIpc) is 0.993. The van der Waals surface area contributed by atoms with E-state index in [-0.39, 0.29) is 97.1 Å². The summed E-state index contributed by atoms with van der Waals surface area (Å²) in [5.74, 6) is -13.6. The molecule has 0 spiro atoms. The Balaban J connectivity index is 1.14. The number of carbonyl (C=O) groups excluding carboxylic acids is 7. The molecule has 0 fully saturated rings. The molecule has 0 saturated carbocycles. The number of amides is 7. The van der Waals surface area contributed by atoms with Crippen LogP contribution in [0.25, 0.3) is 11.1 Å². The van der Waals surface area contributed by atoms with Crippen molar-refractivity contribution in [1.82, 2.24) is 37.2 Å². The summed E-state index contributed by atoms with van der Waals surface area (Å²) in [6.45, 7) is -0.239. The molecular formula is C60H51Cl2N9O17. The molecule has 88 heavy (non-hydrogen) atoms. The van der Waals surface area contributed by atoms with Gasteiger partial charge in [0.05, 0.1) is 10.0 Å². The second kappa shape index (κ2) is 23.7. The lowest BCUT2D eigenvalue weighted by molar-refractivity contribution is -0.137. The van der Waals surface area contributed by atoms with Crippen LogP contribution in [-0.4, -0.2) is 102 Å². The molecule has 13 rings (SSSR count). The number of phenolic OH excluding ortho intramolecular Hbond substituents is 6. The van der Waals surface area contributed by atoms with Crippen LogP contribution in [0, 0.1) is 0 Å². The van der Waals surface area contributed by atoms with Crippen molar-refractivity contribution in [1.29, 1.82) is 0 Å². The summed E-state index contributed by atoms with van der Waals surface area (Å²) in [5.41, 5.74) is 10.6. The molecule has 7 amide bonds. The number of nitrogens with two attached hydrogens (primary N) is 2. The molecule has 0 saturated heterocycles. The number of nitrogens with one attached hydrogen (secondary N) is 7. The third kappa shape index (κ3) is 11.7. The average molecular weight is 1240 g/mol. The second-order valence-corrected chi connectivity index (χ2v) is 21.7. The summed E-state index contributed by atoms with van der Waals surface area (Å²) in [5, 5.41) is 98.1. The summed E-state index contributed by atoms with van der Waals surface area (Å²) < 4.78 is 18.5. The van der Waals surface area contributed by atoms with Crippen molar-refractivity contribution >= 4 is 64.6 Å². The van der Waals surface area contributed by atoms with E-state index in [9.17, 15) is 54.9 Å². The number of ether oxygens (including phenoxy) is 3. The highest BCUT2D eigenvalue weighted by atomic mass is 35.5. The molecule has 0 aliphatic carbocycles. The first-order valence-electron chi connectivity index (χ1n) is 26.8. The number of fused-ring (bicyclic) bond motifs is 14. The van der Waals surface area contributed by atoms with E-state index < -0.39 is 136 Å². The van der Waals surface area contributed by atoms with Crippen LogP contribution in [0.5, 0.6) is 69.0 Å². The van der Waals surface area contributed by atoms with Gasteiger partial charge in [-0.05, 0) is 118 Å².